The molecule has 0 saturated carbocycles. The first kappa shape index (κ1) is 11.6. The molecule has 15 heavy (non-hydrogen) atoms. The minimum atomic E-state index is -4.57. The average Bonchev–Trinajstić information content (AvgIpc) is 2.16. The molecular formula is C9H9F3N2O. The van der Waals surface area contributed by atoms with Crippen molar-refractivity contribution in [2.75, 3.05) is 0 Å². The van der Waals surface area contributed by atoms with Crippen LogP contribution in [0.25, 0.3) is 0 Å². The maximum atomic E-state index is 12.5. The van der Waals surface area contributed by atoms with Crippen LogP contribution in [0.5, 0.6) is 0 Å². The molecule has 82 valence electrons. The number of carbonyl (C=O) groups excluding carboxylic acids is 1. The van der Waals surface area contributed by atoms with Gasteiger partial charge in [0.05, 0.1) is 0 Å². The highest BCUT2D eigenvalue weighted by atomic mass is 19.4. The molecule has 1 aromatic rings. The number of aromatic nitrogens is 2. The molecule has 0 aliphatic heterocycles. The molecule has 0 aliphatic carbocycles. The van der Waals surface area contributed by atoms with Crippen LogP contribution in [-0.2, 0) is 16.4 Å². The number of hydrogen-bond donors (Lipinski definition) is 0. The van der Waals surface area contributed by atoms with Gasteiger partial charge in [-0.3, -0.25) is 0 Å². The molecule has 1 rings (SSSR count). The van der Waals surface area contributed by atoms with Gasteiger partial charge in [-0.05, 0) is 13.8 Å². The van der Waals surface area contributed by atoms with E-state index in [1.807, 2.05) is 0 Å². The zero-order valence-corrected chi connectivity index (χ0v) is 8.17. The molecule has 0 spiro atoms. The highest BCUT2D eigenvalue weighted by Gasteiger charge is 2.39. The van der Waals surface area contributed by atoms with Gasteiger partial charge in [-0.15, -0.1) is 0 Å². The lowest BCUT2D eigenvalue weighted by Crippen LogP contribution is -2.25. The van der Waals surface area contributed by atoms with Gasteiger partial charge in [-0.25, -0.2) is 9.97 Å². The molecule has 1 heterocycles. The van der Waals surface area contributed by atoms with Gasteiger partial charge in [-0.2, -0.15) is 13.2 Å². The van der Waals surface area contributed by atoms with Crippen LogP contribution >= 0.6 is 0 Å². The first-order valence-corrected chi connectivity index (χ1v) is 4.13. The molecule has 0 radical (unpaired) electrons. The normalized spacial score (nSPS) is 12.6. The SMILES string of the molecule is CC(C)(C=O)c1cncnc1C(F)(F)F. The summed E-state index contributed by atoms with van der Waals surface area (Å²) in [7, 11) is 0. The number of rotatable bonds is 2. The first-order valence-electron chi connectivity index (χ1n) is 4.13. The number of hydrogen-bond acceptors (Lipinski definition) is 3. The van der Waals surface area contributed by atoms with Crippen molar-refractivity contribution in [1.82, 2.24) is 9.97 Å². The van der Waals surface area contributed by atoms with Crippen molar-refractivity contribution in [1.29, 1.82) is 0 Å². The number of carbonyl (C=O) groups is 1. The molecule has 6 heteroatoms. The molecule has 0 amide bonds. The molecule has 0 fully saturated rings. The zero-order chi connectivity index (χ0) is 11.7. The van der Waals surface area contributed by atoms with E-state index in [0.29, 0.717) is 6.29 Å². The smallest absolute Gasteiger partial charge is 0.302 e. The Morgan fingerprint density at radius 2 is 1.93 bits per heavy atom. The minimum absolute atomic E-state index is 0.215. The summed E-state index contributed by atoms with van der Waals surface area (Å²) in [6.45, 7) is 2.77. The van der Waals surface area contributed by atoms with Crippen LogP contribution < -0.4 is 0 Å². The molecule has 0 aromatic carbocycles. The van der Waals surface area contributed by atoms with Crippen LogP contribution in [0.1, 0.15) is 25.1 Å². The molecule has 0 bridgehead atoms. The average molecular weight is 218 g/mol. The number of alkyl halides is 3. The summed E-state index contributed by atoms with van der Waals surface area (Å²) >= 11 is 0. The summed E-state index contributed by atoms with van der Waals surface area (Å²) in [6.07, 6.45) is -2.29. The summed E-state index contributed by atoms with van der Waals surface area (Å²) in [5, 5.41) is 0. The van der Waals surface area contributed by atoms with Gasteiger partial charge in [0.1, 0.15) is 12.6 Å². The van der Waals surface area contributed by atoms with Crippen LogP contribution in [0.4, 0.5) is 13.2 Å². The predicted molar refractivity (Wildman–Crippen MR) is 46.1 cm³/mol. The Morgan fingerprint density at radius 1 is 1.33 bits per heavy atom. The number of aldehydes is 1. The van der Waals surface area contributed by atoms with Gasteiger partial charge in [0.15, 0.2) is 5.69 Å². The van der Waals surface area contributed by atoms with Crippen LogP contribution in [0.3, 0.4) is 0 Å². The molecule has 1 aromatic heterocycles. The van der Waals surface area contributed by atoms with Crippen molar-refractivity contribution in [3.05, 3.63) is 23.8 Å². The van der Waals surface area contributed by atoms with Crippen molar-refractivity contribution in [3.63, 3.8) is 0 Å². The molecule has 3 nitrogen and oxygen atoms in total. The summed E-state index contributed by atoms with van der Waals surface area (Å²) in [6, 6.07) is 0. The Balaban J connectivity index is 3.37. The molecule has 0 N–H and O–H groups in total. The minimum Gasteiger partial charge on any atom is -0.302 e. The van der Waals surface area contributed by atoms with Crippen LogP contribution in [0.15, 0.2) is 12.5 Å². The number of halogens is 3. The third-order valence-corrected chi connectivity index (χ3v) is 1.97. The zero-order valence-electron chi connectivity index (χ0n) is 8.17. The third-order valence-electron chi connectivity index (χ3n) is 1.97. The van der Waals surface area contributed by atoms with E-state index in [1.165, 1.54) is 13.8 Å². The predicted octanol–water partition coefficient (Wildman–Crippen LogP) is 1.97. The van der Waals surface area contributed by atoms with E-state index in [2.05, 4.69) is 9.97 Å². The molecule has 0 unspecified atom stereocenters. The van der Waals surface area contributed by atoms with Crippen molar-refractivity contribution in [2.45, 2.75) is 25.4 Å². The monoisotopic (exact) mass is 218 g/mol. The summed E-state index contributed by atoms with van der Waals surface area (Å²) < 4.78 is 37.5. The third kappa shape index (κ3) is 2.31. The van der Waals surface area contributed by atoms with E-state index in [0.717, 1.165) is 12.5 Å². The van der Waals surface area contributed by atoms with Gasteiger partial charge in [0.2, 0.25) is 0 Å². The van der Waals surface area contributed by atoms with Crippen molar-refractivity contribution < 1.29 is 18.0 Å². The van der Waals surface area contributed by atoms with E-state index in [-0.39, 0.29) is 5.56 Å². The Bertz CT molecular complexity index is 374. The van der Waals surface area contributed by atoms with Gasteiger partial charge in [0, 0.05) is 17.2 Å². The van der Waals surface area contributed by atoms with Crippen molar-refractivity contribution in [3.8, 4) is 0 Å². The van der Waals surface area contributed by atoms with E-state index in [4.69, 9.17) is 0 Å². The van der Waals surface area contributed by atoms with Crippen molar-refractivity contribution in [2.24, 2.45) is 0 Å². The van der Waals surface area contributed by atoms with Crippen molar-refractivity contribution >= 4 is 6.29 Å². The Hall–Kier alpha value is -1.46. The second-order valence-corrected chi connectivity index (χ2v) is 3.62. The Kier molecular flexibility index (Phi) is 2.79. The lowest BCUT2D eigenvalue weighted by molar-refractivity contribution is -0.142. The highest BCUT2D eigenvalue weighted by Crippen LogP contribution is 2.34. The summed E-state index contributed by atoms with van der Waals surface area (Å²) in [5.74, 6) is 0. The second kappa shape index (κ2) is 3.60. The fourth-order valence-corrected chi connectivity index (χ4v) is 1.09. The lowest BCUT2D eigenvalue weighted by atomic mass is 9.86. The Labute approximate surface area is 84.4 Å². The van der Waals surface area contributed by atoms with Crippen LogP contribution in [0, 0.1) is 0 Å². The van der Waals surface area contributed by atoms with Crippen LogP contribution in [-0.4, -0.2) is 16.3 Å². The second-order valence-electron chi connectivity index (χ2n) is 3.62. The number of nitrogens with zero attached hydrogens (tertiary/aromatic N) is 2. The van der Waals surface area contributed by atoms with E-state index >= 15 is 0 Å². The van der Waals surface area contributed by atoms with E-state index in [9.17, 15) is 18.0 Å². The molecular weight excluding hydrogens is 209 g/mol. The van der Waals surface area contributed by atoms with Gasteiger partial charge >= 0.3 is 6.18 Å². The fraction of sp³-hybridized carbons (Fsp3) is 0.444. The fourth-order valence-electron chi connectivity index (χ4n) is 1.09. The molecule has 0 saturated heterocycles. The topological polar surface area (TPSA) is 42.9 Å². The maximum absolute atomic E-state index is 12.5. The van der Waals surface area contributed by atoms with Gasteiger partial charge < -0.3 is 4.79 Å². The Morgan fingerprint density at radius 3 is 2.40 bits per heavy atom. The van der Waals surface area contributed by atoms with Gasteiger partial charge in [-0.1, -0.05) is 0 Å². The maximum Gasteiger partial charge on any atom is 0.433 e. The molecule has 0 atom stereocenters. The quantitative estimate of drug-likeness (QED) is 0.713. The van der Waals surface area contributed by atoms with Gasteiger partial charge in [0.25, 0.3) is 0 Å². The van der Waals surface area contributed by atoms with Crippen LogP contribution in [0.2, 0.25) is 0 Å². The van der Waals surface area contributed by atoms with E-state index < -0.39 is 17.3 Å². The summed E-state index contributed by atoms with van der Waals surface area (Å²) in [5.41, 5.74) is -2.52. The highest BCUT2D eigenvalue weighted by molar-refractivity contribution is 5.67. The first-order chi connectivity index (χ1) is 6.79. The molecule has 0 aliphatic rings. The lowest BCUT2D eigenvalue weighted by Gasteiger charge is -2.20. The standard InChI is InChI=1S/C9H9F3N2O/c1-8(2,4-15)6-3-13-5-14-7(6)9(10,11)12/h3-5H,1-2H3. The van der Waals surface area contributed by atoms with E-state index in [1.54, 1.807) is 0 Å². The summed E-state index contributed by atoms with van der Waals surface area (Å²) in [4.78, 5) is 17.4. The largest absolute Gasteiger partial charge is 0.433 e.